The van der Waals surface area contributed by atoms with Gasteiger partial charge in [-0.3, -0.25) is 0 Å². The first kappa shape index (κ1) is 23.0. The highest BCUT2D eigenvalue weighted by molar-refractivity contribution is 7.25. The molecule has 40 heavy (non-hydrogen) atoms. The fourth-order valence-corrected chi connectivity index (χ4v) is 7.10. The smallest absolute Gasteiger partial charge is 0.0546 e. The Balaban J connectivity index is 1.43. The molecule has 0 aliphatic carbocycles. The number of fused-ring (bicyclic) bond motifs is 5. The molecule has 188 valence electrons. The van der Waals surface area contributed by atoms with Gasteiger partial charge in [-0.15, -0.1) is 11.3 Å². The summed E-state index contributed by atoms with van der Waals surface area (Å²) < 4.78 is 2.64. The average molecular weight is 528 g/mol. The standard InChI is InChI=1S/C38H25NS/c1-2-13-30(14-3-1)39(31-21-18-26-10-4-5-12-28(26)24-31)35-23-20-27-11-6-7-15-32(27)38(35)29-19-22-34-33-16-8-9-17-36(33)40-37(34)25-29/h1-25H. The number of benzene rings is 7. The molecule has 8 aromatic rings. The number of hydrogen-bond acceptors (Lipinski definition) is 2. The highest BCUT2D eigenvalue weighted by Gasteiger charge is 2.20. The van der Waals surface area contributed by atoms with Crippen LogP contribution in [-0.4, -0.2) is 0 Å². The lowest BCUT2D eigenvalue weighted by molar-refractivity contribution is 1.29. The van der Waals surface area contributed by atoms with Gasteiger partial charge in [0.2, 0.25) is 0 Å². The Morgan fingerprint density at radius 1 is 0.400 bits per heavy atom. The first-order valence-corrected chi connectivity index (χ1v) is 14.4. The monoisotopic (exact) mass is 527 g/mol. The Morgan fingerprint density at radius 2 is 1.07 bits per heavy atom. The van der Waals surface area contributed by atoms with Crippen molar-refractivity contribution in [1.29, 1.82) is 0 Å². The Labute approximate surface area is 237 Å². The lowest BCUT2D eigenvalue weighted by atomic mass is 9.94. The van der Waals surface area contributed by atoms with E-state index >= 15 is 0 Å². The van der Waals surface area contributed by atoms with E-state index in [4.69, 9.17) is 0 Å². The normalized spacial score (nSPS) is 11.5. The predicted octanol–water partition coefficient (Wildman–Crippen LogP) is 11.5. The summed E-state index contributed by atoms with van der Waals surface area (Å²) in [6.45, 7) is 0. The van der Waals surface area contributed by atoms with Crippen molar-refractivity contribution in [3.63, 3.8) is 0 Å². The van der Waals surface area contributed by atoms with E-state index in [0.717, 1.165) is 11.4 Å². The zero-order valence-electron chi connectivity index (χ0n) is 21.8. The maximum absolute atomic E-state index is 2.41. The van der Waals surface area contributed by atoms with Crippen LogP contribution in [0.15, 0.2) is 152 Å². The molecule has 0 atom stereocenters. The van der Waals surface area contributed by atoms with E-state index in [1.54, 1.807) is 0 Å². The van der Waals surface area contributed by atoms with Crippen LogP contribution in [0.1, 0.15) is 0 Å². The van der Waals surface area contributed by atoms with Gasteiger partial charge >= 0.3 is 0 Å². The predicted molar refractivity (Wildman–Crippen MR) is 174 cm³/mol. The second-order valence-corrected chi connectivity index (χ2v) is 11.3. The molecule has 1 heterocycles. The number of rotatable bonds is 4. The van der Waals surface area contributed by atoms with Gasteiger partial charge in [-0.25, -0.2) is 0 Å². The maximum Gasteiger partial charge on any atom is 0.0546 e. The van der Waals surface area contributed by atoms with Crippen molar-refractivity contribution in [3.8, 4) is 11.1 Å². The van der Waals surface area contributed by atoms with Gasteiger partial charge in [-0.05, 0) is 69.6 Å². The molecule has 0 bridgehead atoms. The summed E-state index contributed by atoms with van der Waals surface area (Å²) in [5.74, 6) is 0. The third-order valence-corrected chi connectivity index (χ3v) is 8.95. The van der Waals surface area contributed by atoms with E-state index in [2.05, 4.69) is 157 Å². The first-order valence-electron chi connectivity index (χ1n) is 13.6. The number of anilines is 3. The minimum atomic E-state index is 1.14. The van der Waals surface area contributed by atoms with E-state index in [0.29, 0.717) is 0 Å². The number of para-hydroxylation sites is 1. The van der Waals surface area contributed by atoms with Gasteiger partial charge in [-0.2, -0.15) is 0 Å². The summed E-state index contributed by atoms with van der Waals surface area (Å²) in [6, 6.07) is 55.0. The van der Waals surface area contributed by atoms with Crippen molar-refractivity contribution in [2.45, 2.75) is 0 Å². The van der Waals surface area contributed by atoms with Crippen LogP contribution >= 0.6 is 11.3 Å². The lowest BCUT2D eigenvalue weighted by Crippen LogP contribution is -2.11. The summed E-state index contributed by atoms with van der Waals surface area (Å²) in [7, 11) is 0. The molecule has 1 nitrogen and oxygen atoms in total. The van der Waals surface area contributed by atoms with Crippen molar-refractivity contribution < 1.29 is 0 Å². The quantitative estimate of drug-likeness (QED) is 0.220. The van der Waals surface area contributed by atoms with Crippen LogP contribution in [0.3, 0.4) is 0 Å². The number of nitrogens with zero attached hydrogens (tertiary/aromatic N) is 1. The van der Waals surface area contributed by atoms with E-state index < -0.39 is 0 Å². The molecule has 0 fully saturated rings. The molecular weight excluding hydrogens is 502 g/mol. The van der Waals surface area contributed by atoms with Crippen LogP contribution in [0.5, 0.6) is 0 Å². The minimum Gasteiger partial charge on any atom is -0.310 e. The molecule has 7 aromatic carbocycles. The molecule has 0 amide bonds. The topological polar surface area (TPSA) is 3.24 Å². The van der Waals surface area contributed by atoms with E-state index in [1.807, 2.05) is 11.3 Å². The van der Waals surface area contributed by atoms with Gasteiger partial charge in [0.1, 0.15) is 0 Å². The van der Waals surface area contributed by atoms with Crippen LogP contribution in [0.2, 0.25) is 0 Å². The fraction of sp³-hybridized carbons (Fsp3) is 0. The second-order valence-electron chi connectivity index (χ2n) is 10.2. The first-order chi connectivity index (χ1) is 19.8. The van der Waals surface area contributed by atoms with Gasteiger partial charge in [0.05, 0.1) is 5.69 Å². The number of thiophene rings is 1. The molecule has 1 aromatic heterocycles. The van der Waals surface area contributed by atoms with Crippen LogP contribution in [0, 0.1) is 0 Å². The van der Waals surface area contributed by atoms with E-state index in [1.165, 1.54) is 58.5 Å². The summed E-state index contributed by atoms with van der Waals surface area (Å²) in [5, 5.41) is 7.62. The molecule has 0 aliphatic rings. The van der Waals surface area contributed by atoms with Crippen LogP contribution in [0.4, 0.5) is 17.1 Å². The summed E-state index contributed by atoms with van der Waals surface area (Å²) in [4.78, 5) is 2.41. The highest BCUT2D eigenvalue weighted by atomic mass is 32.1. The molecule has 0 N–H and O–H groups in total. The van der Waals surface area contributed by atoms with Crippen molar-refractivity contribution in [2.75, 3.05) is 4.90 Å². The summed E-state index contributed by atoms with van der Waals surface area (Å²) in [5.41, 5.74) is 5.92. The fourth-order valence-electron chi connectivity index (χ4n) is 5.95. The van der Waals surface area contributed by atoms with Crippen molar-refractivity contribution in [2.24, 2.45) is 0 Å². The highest BCUT2D eigenvalue weighted by Crippen LogP contribution is 2.46. The zero-order chi connectivity index (χ0) is 26.5. The molecule has 0 saturated heterocycles. The minimum absolute atomic E-state index is 1.14. The third-order valence-electron chi connectivity index (χ3n) is 7.82. The van der Waals surface area contributed by atoms with Gasteiger partial charge in [-0.1, -0.05) is 109 Å². The molecule has 2 heteroatoms. The molecule has 0 spiro atoms. The van der Waals surface area contributed by atoms with Gasteiger partial charge in [0, 0.05) is 37.1 Å². The molecule has 8 rings (SSSR count). The maximum atomic E-state index is 2.41. The van der Waals surface area contributed by atoms with E-state index in [-0.39, 0.29) is 0 Å². The zero-order valence-corrected chi connectivity index (χ0v) is 22.6. The average Bonchev–Trinajstić information content (AvgIpc) is 3.39. The lowest BCUT2D eigenvalue weighted by Gasteiger charge is -2.29. The van der Waals surface area contributed by atoms with Crippen LogP contribution in [0.25, 0.3) is 52.8 Å². The summed E-state index contributed by atoms with van der Waals surface area (Å²) in [6.07, 6.45) is 0. The Morgan fingerprint density at radius 3 is 1.95 bits per heavy atom. The second kappa shape index (κ2) is 9.37. The molecule has 0 radical (unpaired) electrons. The van der Waals surface area contributed by atoms with Crippen molar-refractivity contribution in [1.82, 2.24) is 0 Å². The molecule has 0 aliphatic heterocycles. The Kier molecular flexibility index (Phi) is 5.39. The Bertz CT molecular complexity index is 2170. The van der Waals surface area contributed by atoms with Crippen LogP contribution < -0.4 is 4.90 Å². The van der Waals surface area contributed by atoms with Crippen molar-refractivity contribution in [3.05, 3.63) is 152 Å². The third kappa shape index (κ3) is 3.77. The SMILES string of the molecule is c1ccc(N(c2ccc3ccccc3c2)c2ccc3ccccc3c2-c2ccc3c(c2)sc2ccccc23)cc1. The molecular formula is C38H25NS. The Hall–Kier alpha value is -4.92. The van der Waals surface area contributed by atoms with Gasteiger partial charge in [0.15, 0.2) is 0 Å². The molecule has 0 unspecified atom stereocenters. The molecule has 0 saturated carbocycles. The number of hydrogen-bond donors (Lipinski definition) is 0. The summed E-state index contributed by atoms with van der Waals surface area (Å²) >= 11 is 1.87. The van der Waals surface area contributed by atoms with Gasteiger partial charge < -0.3 is 4.90 Å². The van der Waals surface area contributed by atoms with Crippen LogP contribution in [-0.2, 0) is 0 Å². The van der Waals surface area contributed by atoms with E-state index in [9.17, 15) is 0 Å². The van der Waals surface area contributed by atoms with Gasteiger partial charge in [0.25, 0.3) is 0 Å². The largest absolute Gasteiger partial charge is 0.310 e. The van der Waals surface area contributed by atoms with Crippen molar-refractivity contribution >= 4 is 70.1 Å².